The number of benzene rings is 2. The molecule has 2 fully saturated rings. The van der Waals surface area contributed by atoms with E-state index in [0.717, 1.165) is 49.2 Å². The minimum absolute atomic E-state index is 0.198. The van der Waals surface area contributed by atoms with Gasteiger partial charge in [-0.2, -0.15) is 4.98 Å². The van der Waals surface area contributed by atoms with Crippen molar-refractivity contribution < 1.29 is 5.11 Å². The largest absolute Gasteiger partial charge is 0.386 e. The fraction of sp³-hybridized carbons (Fsp3) is 0.367. The molecule has 2 N–H and O–H groups in total. The van der Waals surface area contributed by atoms with Gasteiger partial charge in [0.2, 0.25) is 5.95 Å². The average Bonchev–Trinajstić information content (AvgIpc) is 3.75. The molecule has 0 bridgehead atoms. The molecule has 0 atom stereocenters. The molecule has 3 heterocycles. The predicted molar refractivity (Wildman–Crippen MR) is 155 cm³/mol. The first kappa shape index (κ1) is 25.3. The number of rotatable bonds is 8. The van der Waals surface area contributed by atoms with E-state index >= 15 is 0 Å². The Morgan fingerprint density at radius 1 is 1.08 bits per heavy atom. The lowest BCUT2D eigenvalue weighted by atomic mass is 9.98. The topological polar surface area (TPSA) is 91.5 Å². The second-order valence-corrected chi connectivity index (χ2v) is 11.0. The van der Waals surface area contributed by atoms with Crippen LogP contribution in [0.3, 0.4) is 0 Å². The monoisotopic (exact) mass is 525 g/mol. The van der Waals surface area contributed by atoms with Crippen LogP contribution in [0.5, 0.6) is 0 Å². The summed E-state index contributed by atoms with van der Waals surface area (Å²) in [6.07, 6.45) is 5.96. The highest BCUT2D eigenvalue weighted by atomic mass is 16.3. The third-order valence-electron chi connectivity index (χ3n) is 7.64. The first-order valence-corrected chi connectivity index (χ1v) is 13.6. The van der Waals surface area contributed by atoms with Crippen molar-refractivity contribution in [1.29, 1.82) is 0 Å². The maximum Gasteiger partial charge on any atom is 0.278 e. The summed E-state index contributed by atoms with van der Waals surface area (Å²) in [6.45, 7) is 12.0. The van der Waals surface area contributed by atoms with Gasteiger partial charge in [-0.1, -0.05) is 18.2 Å². The van der Waals surface area contributed by atoms with Gasteiger partial charge in [0.25, 0.3) is 5.56 Å². The lowest BCUT2D eigenvalue weighted by molar-refractivity contribution is 0.0786. The fourth-order valence-corrected chi connectivity index (χ4v) is 5.33. The number of hydrogen-bond acceptors (Lipinski definition) is 7. The van der Waals surface area contributed by atoms with Crippen molar-refractivity contribution in [2.75, 3.05) is 36.4 Å². The van der Waals surface area contributed by atoms with Crippen molar-refractivity contribution in [3.63, 3.8) is 0 Å². The third-order valence-corrected chi connectivity index (χ3v) is 7.64. The molecule has 6 rings (SSSR count). The van der Waals surface area contributed by atoms with Crippen LogP contribution >= 0.6 is 0 Å². The molecule has 2 aromatic heterocycles. The van der Waals surface area contributed by atoms with Crippen LogP contribution in [0, 0.1) is 0 Å². The van der Waals surface area contributed by atoms with Gasteiger partial charge in [0.1, 0.15) is 5.39 Å². The van der Waals surface area contributed by atoms with E-state index in [0.29, 0.717) is 23.5 Å². The summed E-state index contributed by atoms with van der Waals surface area (Å²) in [5, 5.41) is 14.3. The Labute approximate surface area is 228 Å². The standard InChI is InChI=1S/C30H35N7O2/c1-4-14-36-28(38)26-20-31-29(33-27(26)37(36)25-7-5-6-21(19-25)30(2,3)39)32-22-8-10-23(11-9-22)34-15-17-35(18-16-34)24-12-13-24/h4-11,19-20,24,39H,1,12-18H2,2-3H3,(H,31,32,33). The molecule has 2 aromatic carbocycles. The molecule has 0 radical (unpaired) electrons. The second-order valence-electron chi connectivity index (χ2n) is 11.0. The van der Waals surface area contributed by atoms with Gasteiger partial charge >= 0.3 is 0 Å². The first-order valence-electron chi connectivity index (χ1n) is 13.6. The Balaban J connectivity index is 1.28. The minimum atomic E-state index is -1.03. The molecule has 0 spiro atoms. The first-order chi connectivity index (χ1) is 18.8. The number of fused-ring (bicyclic) bond motifs is 1. The summed E-state index contributed by atoms with van der Waals surface area (Å²) in [4.78, 5) is 27.5. The van der Waals surface area contributed by atoms with Gasteiger partial charge in [-0.05, 0) is 68.7 Å². The molecule has 1 aliphatic heterocycles. The number of piperazine rings is 1. The molecule has 2 aliphatic rings. The van der Waals surface area contributed by atoms with Gasteiger partial charge in [0.05, 0.1) is 17.8 Å². The van der Waals surface area contributed by atoms with E-state index in [1.54, 1.807) is 35.5 Å². The van der Waals surface area contributed by atoms with Crippen molar-refractivity contribution >= 4 is 28.4 Å². The number of aliphatic hydroxyl groups is 1. The second kappa shape index (κ2) is 9.98. The Morgan fingerprint density at radius 2 is 1.82 bits per heavy atom. The van der Waals surface area contributed by atoms with Crippen molar-refractivity contribution in [3.05, 3.63) is 83.3 Å². The molecule has 9 nitrogen and oxygen atoms in total. The van der Waals surface area contributed by atoms with E-state index in [1.165, 1.54) is 18.5 Å². The van der Waals surface area contributed by atoms with Crippen LogP contribution in [-0.2, 0) is 12.1 Å². The smallest absolute Gasteiger partial charge is 0.278 e. The molecule has 0 amide bonds. The Morgan fingerprint density at radius 3 is 2.49 bits per heavy atom. The number of anilines is 3. The van der Waals surface area contributed by atoms with E-state index in [4.69, 9.17) is 4.98 Å². The van der Waals surface area contributed by atoms with Crippen LogP contribution in [0.1, 0.15) is 32.3 Å². The molecule has 1 aliphatic carbocycles. The highest BCUT2D eigenvalue weighted by molar-refractivity contribution is 5.77. The van der Waals surface area contributed by atoms with E-state index in [9.17, 15) is 9.90 Å². The van der Waals surface area contributed by atoms with Crippen molar-refractivity contribution in [2.24, 2.45) is 0 Å². The maximum absolute atomic E-state index is 13.2. The summed E-state index contributed by atoms with van der Waals surface area (Å²) >= 11 is 0. The molecule has 1 saturated carbocycles. The van der Waals surface area contributed by atoms with Gasteiger partial charge < -0.3 is 15.3 Å². The molecule has 1 saturated heterocycles. The zero-order valence-electron chi connectivity index (χ0n) is 22.5. The van der Waals surface area contributed by atoms with Crippen LogP contribution < -0.4 is 15.8 Å². The Kier molecular flexibility index (Phi) is 6.48. The Bertz CT molecular complexity index is 1550. The summed E-state index contributed by atoms with van der Waals surface area (Å²) in [5.41, 5.74) is 2.81. The zero-order valence-corrected chi connectivity index (χ0v) is 22.5. The number of aromatic nitrogens is 4. The molecule has 9 heteroatoms. The van der Waals surface area contributed by atoms with E-state index in [2.05, 4.69) is 38.8 Å². The number of nitrogens with one attached hydrogen (secondary N) is 1. The number of nitrogens with zero attached hydrogens (tertiary/aromatic N) is 6. The molecular weight excluding hydrogens is 490 g/mol. The molecule has 39 heavy (non-hydrogen) atoms. The lowest BCUT2D eigenvalue weighted by Gasteiger charge is -2.36. The number of hydrogen-bond donors (Lipinski definition) is 2. The number of allylic oxidation sites excluding steroid dienone is 1. The van der Waals surface area contributed by atoms with Crippen LogP contribution in [0.2, 0.25) is 0 Å². The van der Waals surface area contributed by atoms with Gasteiger partial charge in [0.15, 0.2) is 5.65 Å². The Hall–Kier alpha value is -3.95. The van der Waals surface area contributed by atoms with Gasteiger partial charge in [-0.15, -0.1) is 6.58 Å². The molecular formula is C30H35N7O2. The SMILES string of the molecule is C=CCn1c(=O)c2cnc(Nc3ccc(N4CCN(C5CC5)CC4)cc3)nc2n1-c1cccc(C(C)(C)O)c1. The van der Waals surface area contributed by atoms with Gasteiger partial charge in [-0.25, -0.2) is 14.3 Å². The average molecular weight is 526 g/mol. The zero-order chi connectivity index (χ0) is 27.1. The molecule has 202 valence electrons. The summed E-state index contributed by atoms with van der Waals surface area (Å²) in [5.74, 6) is 0.399. The van der Waals surface area contributed by atoms with E-state index < -0.39 is 5.60 Å². The highest BCUT2D eigenvalue weighted by Gasteiger charge is 2.31. The van der Waals surface area contributed by atoms with Gasteiger partial charge in [-0.3, -0.25) is 9.69 Å². The van der Waals surface area contributed by atoms with Crippen LogP contribution in [0.25, 0.3) is 16.7 Å². The predicted octanol–water partition coefficient (Wildman–Crippen LogP) is 4.02. The normalized spacial score (nSPS) is 16.5. The van der Waals surface area contributed by atoms with Gasteiger partial charge in [0, 0.05) is 49.8 Å². The third kappa shape index (κ3) is 5.07. The van der Waals surface area contributed by atoms with Crippen LogP contribution in [-0.4, -0.2) is 61.6 Å². The maximum atomic E-state index is 13.2. The van der Waals surface area contributed by atoms with E-state index in [1.807, 2.05) is 36.4 Å². The minimum Gasteiger partial charge on any atom is -0.386 e. The summed E-state index contributed by atoms with van der Waals surface area (Å²) < 4.78 is 3.35. The summed E-state index contributed by atoms with van der Waals surface area (Å²) in [7, 11) is 0. The van der Waals surface area contributed by atoms with Crippen LogP contribution in [0.4, 0.5) is 17.3 Å². The molecule has 4 aromatic rings. The molecule has 0 unspecified atom stereocenters. The fourth-order valence-electron chi connectivity index (χ4n) is 5.33. The summed E-state index contributed by atoms with van der Waals surface area (Å²) in [6, 6.07) is 16.7. The van der Waals surface area contributed by atoms with Crippen molar-refractivity contribution in [1.82, 2.24) is 24.2 Å². The lowest BCUT2D eigenvalue weighted by Crippen LogP contribution is -2.47. The van der Waals surface area contributed by atoms with Crippen molar-refractivity contribution in [3.8, 4) is 5.69 Å². The quantitative estimate of drug-likeness (QED) is 0.336. The van der Waals surface area contributed by atoms with Crippen LogP contribution in [0.15, 0.2) is 72.2 Å². The van der Waals surface area contributed by atoms with E-state index in [-0.39, 0.29) is 5.56 Å². The highest BCUT2D eigenvalue weighted by Crippen LogP contribution is 2.29. The van der Waals surface area contributed by atoms with Crippen molar-refractivity contribution in [2.45, 2.75) is 44.9 Å².